The van der Waals surface area contributed by atoms with Crippen LogP contribution < -0.4 is 10.5 Å². The van der Waals surface area contributed by atoms with Crippen LogP contribution in [0, 0.1) is 23.0 Å². The summed E-state index contributed by atoms with van der Waals surface area (Å²) in [6.07, 6.45) is 0.681. The Kier molecular flexibility index (Phi) is 6.44. The molecule has 0 aliphatic carbocycles. The van der Waals surface area contributed by atoms with Crippen molar-refractivity contribution < 1.29 is 17.2 Å². The molecule has 0 fully saturated rings. The number of aryl methyl sites for hydroxylation is 1. The summed E-state index contributed by atoms with van der Waals surface area (Å²) in [5.41, 5.74) is 7.47. The average Bonchev–Trinajstić information content (AvgIpc) is 3.01. The molecular weight excluding hydrogens is 412 g/mol. The minimum absolute atomic E-state index is 0.117. The van der Waals surface area contributed by atoms with E-state index in [1.54, 1.807) is 0 Å². The molecule has 7 nitrogen and oxygen atoms in total. The van der Waals surface area contributed by atoms with E-state index >= 15 is 0 Å². The number of benzene rings is 2. The van der Waals surface area contributed by atoms with Gasteiger partial charge in [0, 0.05) is 6.54 Å². The molecule has 0 atom stereocenters. The van der Waals surface area contributed by atoms with Crippen molar-refractivity contribution in [3.05, 3.63) is 77.0 Å². The molecule has 0 saturated heterocycles. The number of nitrogens with one attached hydrogen (secondary N) is 1. The number of anilines is 1. The molecule has 10 heteroatoms. The van der Waals surface area contributed by atoms with Gasteiger partial charge >= 0.3 is 0 Å². The van der Waals surface area contributed by atoms with E-state index in [4.69, 9.17) is 5.73 Å². The van der Waals surface area contributed by atoms with Gasteiger partial charge in [-0.2, -0.15) is 10.4 Å². The second-order valence-electron chi connectivity index (χ2n) is 6.59. The molecule has 0 aliphatic rings. The summed E-state index contributed by atoms with van der Waals surface area (Å²) in [5.74, 6) is -1.11. The lowest BCUT2D eigenvalue weighted by Crippen LogP contribution is -2.26. The Morgan fingerprint density at radius 1 is 1.13 bits per heavy atom. The number of aromatic nitrogens is 2. The second-order valence-corrected chi connectivity index (χ2v) is 8.40. The first kappa shape index (κ1) is 21.4. The maximum Gasteiger partial charge on any atom is 0.215 e. The Balaban J connectivity index is 1.62. The number of nitrogen functional groups attached to an aromatic ring is 1. The Hall–Kier alpha value is -3.29. The third-order valence-electron chi connectivity index (χ3n) is 4.33. The first-order valence-electron chi connectivity index (χ1n) is 9.04. The topological polar surface area (TPSA) is 114 Å². The summed E-state index contributed by atoms with van der Waals surface area (Å²) in [7, 11) is -3.64. The SMILES string of the molecule is N#Cc1c(CCCNS(=O)(=O)Cc2cccc(F)c2)nn(-c2ccc(F)cc2)c1N. The Bertz CT molecular complexity index is 1180. The van der Waals surface area contributed by atoms with Crippen LogP contribution in [-0.2, 0) is 22.2 Å². The van der Waals surface area contributed by atoms with E-state index in [0.29, 0.717) is 29.8 Å². The first-order valence-corrected chi connectivity index (χ1v) is 10.7. The number of hydrogen-bond donors (Lipinski definition) is 2. The Labute approximate surface area is 172 Å². The molecular formula is C20H19F2N5O2S. The minimum atomic E-state index is -3.64. The fourth-order valence-electron chi connectivity index (χ4n) is 2.93. The van der Waals surface area contributed by atoms with Gasteiger partial charge in [0.2, 0.25) is 10.0 Å². The van der Waals surface area contributed by atoms with E-state index < -0.39 is 21.7 Å². The van der Waals surface area contributed by atoms with Crippen LogP contribution in [0.25, 0.3) is 5.69 Å². The molecule has 0 unspecified atom stereocenters. The molecule has 0 bridgehead atoms. The number of sulfonamides is 1. The zero-order valence-electron chi connectivity index (χ0n) is 15.8. The van der Waals surface area contributed by atoms with Crippen LogP contribution >= 0.6 is 0 Å². The van der Waals surface area contributed by atoms with Crippen molar-refractivity contribution in [2.75, 3.05) is 12.3 Å². The quantitative estimate of drug-likeness (QED) is 0.532. The van der Waals surface area contributed by atoms with Crippen LogP contribution in [0.15, 0.2) is 48.5 Å². The second kappa shape index (κ2) is 9.02. The van der Waals surface area contributed by atoms with Gasteiger partial charge in [0.25, 0.3) is 0 Å². The summed E-state index contributed by atoms with van der Waals surface area (Å²) in [6, 6.07) is 12.9. The van der Waals surface area contributed by atoms with Crippen LogP contribution in [0.5, 0.6) is 0 Å². The van der Waals surface area contributed by atoms with Crippen molar-refractivity contribution in [3.8, 4) is 11.8 Å². The molecule has 0 amide bonds. The van der Waals surface area contributed by atoms with Crippen molar-refractivity contribution in [3.63, 3.8) is 0 Å². The molecule has 3 aromatic rings. The van der Waals surface area contributed by atoms with Crippen LogP contribution in [0.1, 0.15) is 23.2 Å². The lowest BCUT2D eigenvalue weighted by molar-refractivity contribution is 0.577. The van der Waals surface area contributed by atoms with E-state index in [-0.39, 0.29) is 23.7 Å². The maximum atomic E-state index is 13.2. The van der Waals surface area contributed by atoms with Gasteiger partial charge < -0.3 is 5.73 Å². The zero-order valence-corrected chi connectivity index (χ0v) is 16.7. The van der Waals surface area contributed by atoms with E-state index in [0.717, 1.165) is 0 Å². The molecule has 156 valence electrons. The smallest absolute Gasteiger partial charge is 0.215 e. The summed E-state index contributed by atoms with van der Waals surface area (Å²) < 4.78 is 54.5. The lowest BCUT2D eigenvalue weighted by atomic mass is 10.1. The third kappa shape index (κ3) is 5.20. The minimum Gasteiger partial charge on any atom is -0.382 e. The van der Waals surface area contributed by atoms with Crippen LogP contribution in [-0.4, -0.2) is 24.7 Å². The predicted octanol–water partition coefficient (Wildman–Crippen LogP) is 2.66. The molecule has 0 aliphatic heterocycles. The number of hydrogen-bond acceptors (Lipinski definition) is 5. The maximum absolute atomic E-state index is 13.2. The highest BCUT2D eigenvalue weighted by Crippen LogP contribution is 2.21. The number of rotatable bonds is 8. The Morgan fingerprint density at radius 2 is 1.87 bits per heavy atom. The lowest BCUT2D eigenvalue weighted by Gasteiger charge is -2.06. The highest BCUT2D eigenvalue weighted by molar-refractivity contribution is 7.88. The fourth-order valence-corrected chi connectivity index (χ4v) is 4.11. The number of nitrogens with two attached hydrogens (primary N) is 1. The van der Waals surface area contributed by atoms with Gasteiger partial charge in [-0.3, -0.25) is 0 Å². The van der Waals surface area contributed by atoms with Crippen molar-refractivity contribution in [1.29, 1.82) is 5.26 Å². The van der Waals surface area contributed by atoms with E-state index in [1.165, 1.54) is 53.2 Å². The van der Waals surface area contributed by atoms with E-state index in [2.05, 4.69) is 9.82 Å². The van der Waals surface area contributed by atoms with Gasteiger partial charge in [-0.05, 0) is 54.8 Å². The fraction of sp³-hybridized carbons (Fsp3) is 0.200. The van der Waals surface area contributed by atoms with E-state index in [9.17, 15) is 22.5 Å². The molecule has 0 spiro atoms. The molecule has 0 radical (unpaired) electrons. The number of nitriles is 1. The van der Waals surface area contributed by atoms with Gasteiger partial charge in [-0.1, -0.05) is 12.1 Å². The van der Waals surface area contributed by atoms with Crippen molar-refractivity contribution in [2.24, 2.45) is 0 Å². The van der Waals surface area contributed by atoms with Gasteiger partial charge in [-0.15, -0.1) is 0 Å². The first-order chi connectivity index (χ1) is 14.3. The van der Waals surface area contributed by atoms with E-state index in [1.807, 2.05) is 6.07 Å². The number of halogens is 2. The molecule has 2 aromatic carbocycles. The molecule has 3 N–H and O–H groups in total. The summed E-state index contributed by atoms with van der Waals surface area (Å²) in [6.45, 7) is 0.117. The standard InChI is InChI=1S/C20H19F2N5O2S/c21-15-6-8-17(9-7-15)27-20(24)18(12-23)19(26-27)5-2-10-25-30(28,29)13-14-3-1-4-16(22)11-14/h1,3-4,6-9,11,25H,2,5,10,13,24H2. The Morgan fingerprint density at radius 3 is 2.53 bits per heavy atom. The van der Waals surface area contributed by atoms with Gasteiger partial charge in [0.1, 0.15) is 29.1 Å². The highest BCUT2D eigenvalue weighted by atomic mass is 32.2. The monoisotopic (exact) mass is 431 g/mol. The average molecular weight is 431 g/mol. The molecule has 1 heterocycles. The molecule has 0 saturated carbocycles. The van der Waals surface area contributed by atoms with Gasteiger partial charge in [-0.25, -0.2) is 26.6 Å². The van der Waals surface area contributed by atoms with Gasteiger partial charge in [0.15, 0.2) is 0 Å². The number of nitrogens with zero attached hydrogens (tertiary/aromatic N) is 3. The zero-order chi connectivity index (χ0) is 21.7. The third-order valence-corrected chi connectivity index (χ3v) is 5.69. The highest BCUT2D eigenvalue weighted by Gasteiger charge is 2.17. The molecule has 3 rings (SSSR count). The van der Waals surface area contributed by atoms with Gasteiger partial charge in [0.05, 0.1) is 17.1 Å². The largest absolute Gasteiger partial charge is 0.382 e. The van der Waals surface area contributed by atoms with Crippen molar-refractivity contribution in [1.82, 2.24) is 14.5 Å². The van der Waals surface area contributed by atoms with Crippen LogP contribution in [0.2, 0.25) is 0 Å². The summed E-state index contributed by atoms with van der Waals surface area (Å²) in [5, 5.41) is 13.7. The molecule has 30 heavy (non-hydrogen) atoms. The molecule has 1 aromatic heterocycles. The summed E-state index contributed by atoms with van der Waals surface area (Å²) in [4.78, 5) is 0. The van der Waals surface area contributed by atoms with Crippen LogP contribution in [0.4, 0.5) is 14.6 Å². The normalized spacial score (nSPS) is 11.4. The van der Waals surface area contributed by atoms with Crippen molar-refractivity contribution in [2.45, 2.75) is 18.6 Å². The van der Waals surface area contributed by atoms with Crippen molar-refractivity contribution >= 4 is 15.8 Å². The predicted molar refractivity (Wildman–Crippen MR) is 108 cm³/mol. The summed E-state index contributed by atoms with van der Waals surface area (Å²) >= 11 is 0. The van der Waals surface area contributed by atoms with Crippen LogP contribution in [0.3, 0.4) is 0 Å².